The van der Waals surface area contributed by atoms with Crippen molar-refractivity contribution in [2.75, 3.05) is 49.5 Å². The van der Waals surface area contributed by atoms with E-state index in [0.29, 0.717) is 18.8 Å². The number of nitrogens with zero attached hydrogens (tertiary/aromatic N) is 4. The third-order valence-electron chi connectivity index (χ3n) is 6.57. The Hall–Kier alpha value is -1.85. The minimum Gasteiger partial charge on any atom is -0.367 e. The molecule has 0 bridgehead atoms. The van der Waals surface area contributed by atoms with Gasteiger partial charge in [0, 0.05) is 51.5 Å². The van der Waals surface area contributed by atoms with Gasteiger partial charge in [0.2, 0.25) is 5.91 Å². The summed E-state index contributed by atoms with van der Waals surface area (Å²) in [4.78, 5) is 33.4. The molecule has 1 amide bonds. The highest BCUT2D eigenvalue weighted by Crippen LogP contribution is 2.30. The van der Waals surface area contributed by atoms with Gasteiger partial charge in [0.25, 0.3) is 0 Å². The molecule has 1 aliphatic carbocycles. The van der Waals surface area contributed by atoms with Crippen LogP contribution in [0.3, 0.4) is 0 Å². The zero-order valence-electron chi connectivity index (χ0n) is 17.5. The Morgan fingerprint density at radius 1 is 1.26 bits per heavy atom. The number of nitrogens with one attached hydrogen (secondary N) is 3. The molecule has 1 aromatic rings. The van der Waals surface area contributed by atoms with Gasteiger partial charge in [-0.2, -0.15) is 0 Å². The monoisotopic (exact) mass is 450 g/mol. The summed E-state index contributed by atoms with van der Waals surface area (Å²) in [6.45, 7) is 4.84. The molecule has 170 valence electrons. The molecular weight excluding hydrogens is 420 g/mol. The van der Waals surface area contributed by atoms with Crippen LogP contribution in [0.25, 0.3) is 0 Å². The molecule has 3 aliphatic rings. The van der Waals surface area contributed by atoms with Crippen molar-refractivity contribution < 1.29 is 4.79 Å². The third-order valence-corrected chi connectivity index (χ3v) is 6.88. The molecule has 3 fully saturated rings. The number of halogens is 1. The van der Waals surface area contributed by atoms with E-state index in [1.807, 2.05) is 6.07 Å². The van der Waals surface area contributed by atoms with Gasteiger partial charge >= 0.3 is 0 Å². The van der Waals surface area contributed by atoms with Crippen molar-refractivity contribution in [1.29, 1.82) is 0 Å². The summed E-state index contributed by atoms with van der Waals surface area (Å²) in [6.07, 6.45) is 5.62. The lowest BCUT2D eigenvalue weighted by Crippen LogP contribution is -2.62. The van der Waals surface area contributed by atoms with Gasteiger partial charge < -0.3 is 16.0 Å². The highest BCUT2D eigenvalue weighted by atomic mass is 35.5. The van der Waals surface area contributed by atoms with Crippen LogP contribution >= 0.6 is 11.6 Å². The lowest BCUT2D eigenvalue weighted by molar-refractivity contribution is -0.121. The van der Waals surface area contributed by atoms with Crippen molar-refractivity contribution in [3.8, 4) is 0 Å². The molecule has 1 saturated carbocycles. The molecule has 31 heavy (non-hydrogen) atoms. The number of hydrogen-bond donors (Lipinski definition) is 4. The first kappa shape index (κ1) is 22.3. The van der Waals surface area contributed by atoms with Crippen LogP contribution in [-0.2, 0) is 4.79 Å². The zero-order chi connectivity index (χ0) is 21.8. The van der Waals surface area contributed by atoms with Gasteiger partial charge in [-0.3, -0.25) is 25.3 Å². The minimum absolute atomic E-state index is 0.0936. The molecule has 1 aromatic heterocycles. The van der Waals surface area contributed by atoms with E-state index in [9.17, 15) is 9.70 Å². The highest BCUT2D eigenvalue weighted by molar-refractivity contribution is 6.21. The molecule has 11 heteroatoms. The molecule has 5 N–H and O–H groups in total. The molecular formula is C20H31ClN8O2. The molecule has 3 heterocycles. The van der Waals surface area contributed by atoms with Crippen molar-refractivity contribution in [2.24, 2.45) is 16.8 Å². The van der Waals surface area contributed by atoms with Crippen LogP contribution in [0.5, 0.6) is 0 Å². The fraction of sp³-hybridized carbons (Fsp3) is 0.700. The van der Waals surface area contributed by atoms with Gasteiger partial charge in [0.15, 0.2) is 6.17 Å². The molecule has 2 saturated heterocycles. The Morgan fingerprint density at radius 3 is 2.58 bits per heavy atom. The van der Waals surface area contributed by atoms with Crippen LogP contribution in [0.2, 0.25) is 0 Å². The lowest BCUT2D eigenvalue weighted by Gasteiger charge is -2.43. The average molecular weight is 451 g/mol. The van der Waals surface area contributed by atoms with E-state index in [-0.39, 0.29) is 11.3 Å². The average Bonchev–Trinajstić information content (AvgIpc) is 2.75. The summed E-state index contributed by atoms with van der Waals surface area (Å²) in [5, 5.41) is 12.0. The van der Waals surface area contributed by atoms with E-state index >= 15 is 0 Å². The highest BCUT2D eigenvalue weighted by Gasteiger charge is 2.37. The van der Waals surface area contributed by atoms with Crippen LogP contribution in [0, 0.1) is 10.8 Å². The SMILES string of the molecule is NC(N=O)C(C(=O)Nc1cnccc1N1CCN(C2CCC2)CC1)C1NCC(Cl)CN1. The van der Waals surface area contributed by atoms with Gasteiger partial charge in [-0.25, -0.2) is 0 Å². The van der Waals surface area contributed by atoms with Gasteiger partial charge in [0.1, 0.15) is 5.92 Å². The van der Waals surface area contributed by atoms with Crippen LogP contribution in [0.1, 0.15) is 19.3 Å². The summed E-state index contributed by atoms with van der Waals surface area (Å²) >= 11 is 6.10. The Morgan fingerprint density at radius 2 is 1.97 bits per heavy atom. The maximum absolute atomic E-state index is 13.2. The summed E-state index contributed by atoms with van der Waals surface area (Å²) < 4.78 is 0. The number of carbonyl (C=O) groups excluding carboxylic acids is 1. The van der Waals surface area contributed by atoms with Gasteiger partial charge in [0.05, 0.1) is 29.1 Å². The number of rotatable bonds is 7. The smallest absolute Gasteiger partial charge is 0.234 e. The van der Waals surface area contributed by atoms with Crippen molar-refractivity contribution >= 4 is 28.9 Å². The number of alkyl halides is 1. The Bertz CT molecular complexity index is 763. The van der Waals surface area contributed by atoms with Gasteiger partial charge in [-0.15, -0.1) is 16.5 Å². The van der Waals surface area contributed by atoms with Crippen molar-refractivity contribution in [3.05, 3.63) is 23.4 Å². The first-order valence-electron chi connectivity index (χ1n) is 11.0. The summed E-state index contributed by atoms with van der Waals surface area (Å²) in [5.41, 5.74) is 7.43. The van der Waals surface area contributed by atoms with E-state index in [1.165, 1.54) is 19.3 Å². The number of pyridine rings is 1. The molecule has 0 aromatic carbocycles. The maximum atomic E-state index is 13.2. The predicted molar refractivity (Wildman–Crippen MR) is 121 cm³/mol. The second-order valence-electron chi connectivity index (χ2n) is 8.50. The lowest BCUT2D eigenvalue weighted by atomic mass is 9.91. The van der Waals surface area contributed by atoms with E-state index in [4.69, 9.17) is 17.3 Å². The topological polar surface area (TPSA) is 128 Å². The number of amides is 1. The number of carbonyl (C=O) groups is 1. The number of anilines is 2. The first-order chi connectivity index (χ1) is 15.1. The fourth-order valence-corrected chi connectivity index (χ4v) is 4.71. The minimum atomic E-state index is -1.19. The van der Waals surface area contributed by atoms with Crippen LogP contribution in [-0.4, -0.2) is 78.8 Å². The molecule has 10 nitrogen and oxygen atoms in total. The number of nitroso groups, excluding NO2 is 1. The standard InChI is InChI=1S/C20H31ClN8O2/c21-13-10-24-19(25-11-13)17(18(22)27-31)20(30)26-15-12-23-5-4-16(15)29-8-6-28(7-9-29)14-2-1-3-14/h4-5,12-14,17-19,24-25H,1-3,6-11,22H2,(H,26,30). The summed E-state index contributed by atoms with van der Waals surface area (Å²) in [7, 11) is 0. The van der Waals surface area contributed by atoms with Gasteiger partial charge in [-0.1, -0.05) is 11.6 Å². The van der Waals surface area contributed by atoms with Crippen LogP contribution in [0.15, 0.2) is 23.6 Å². The second kappa shape index (κ2) is 10.2. The molecule has 4 rings (SSSR count). The van der Waals surface area contributed by atoms with E-state index in [1.54, 1.807) is 12.4 Å². The molecule has 0 spiro atoms. The summed E-state index contributed by atoms with van der Waals surface area (Å²) in [5.74, 6) is -1.27. The number of hydrogen-bond acceptors (Lipinski definition) is 9. The van der Waals surface area contributed by atoms with Gasteiger partial charge in [-0.05, 0) is 18.9 Å². The van der Waals surface area contributed by atoms with Crippen molar-refractivity contribution in [1.82, 2.24) is 20.5 Å². The second-order valence-corrected chi connectivity index (χ2v) is 9.12. The van der Waals surface area contributed by atoms with E-state index in [2.05, 4.69) is 35.9 Å². The van der Waals surface area contributed by atoms with E-state index in [0.717, 1.165) is 37.9 Å². The maximum Gasteiger partial charge on any atom is 0.234 e. The third kappa shape index (κ3) is 5.15. The first-order valence-corrected chi connectivity index (χ1v) is 11.4. The largest absolute Gasteiger partial charge is 0.367 e. The quantitative estimate of drug-likeness (QED) is 0.349. The zero-order valence-corrected chi connectivity index (χ0v) is 18.3. The number of nitrogens with two attached hydrogens (primary N) is 1. The predicted octanol–water partition coefficient (Wildman–Crippen LogP) is 0.488. The van der Waals surface area contributed by atoms with Crippen LogP contribution < -0.4 is 26.6 Å². The Kier molecular flexibility index (Phi) is 7.34. The Labute approximate surface area is 187 Å². The summed E-state index contributed by atoms with van der Waals surface area (Å²) in [6, 6.07) is 2.65. The molecule has 2 aliphatic heterocycles. The number of aromatic nitrogens is 1. The number of piperazine rings is 1. The fourth-order valence-electron chi connectivity index (χ4n) is 4.53. The van der Waals surface area contributed by atoms with Crippen LogP contribution in [0.4, 0.5) is 11.4 Å². The molecule has 0 radical (unpaired) electrons. The molecule has 2 unspecified atom stereocenters. The van der Waals surface area contributed by atoms with Crippen molar-refractivity contribution in [3.63, 3.8) is 0 Å². The van der Waals surface area contributed by atoms with Crippen molar-refractivity contribution in [2.45, 2.75) is 43.0 Å². The molecule has 2 atom stereocenters. The Balaban J connectivity index is 1.44. The normalized spacial score (nSPS) is 27.2. The van der Waals surface area contributed by atoms with E-state index < -0.39 is 18.2 Å².